The van der Waals surface area contributed by atoms with Crippen LogP contribution in [0.25, 0.3) is 0 Å². The van der Waals surface area contributed by atoms with Crippen molar-refractivity contribution in [1.29, 1.82) is 0 Å². The number of benzene rings is 1. The van der Waals surface area contributed by atoms with Crippen molar-refractivity contribution in [3.63, 3.8) is 0 Å². The van der Waals surface area contributed by atoms with Gasteiger partial charge < -0.3 is 20.3 Å². The number of piperazine rings is 1. The molecule has 2 N–H and O–H groups in total. The largest absolute Gasteiger partial charge is 0.434 e. The molecule has 1 aromatic rings. The average molecular weight is 418 g/mol. The molecule has 1 atom stereocenters. The second-order valence-electron chi connectivity index (χ2n) is 6.76. The Bertz CT molecular complexity index is 639. The van der Waals surface area contributed by atoms with Crippen molar-refractivity contribution >= 4 is 17.6 Å². The Morgan fingerprint density at radius 2 is 1.96 bits per heavy atom. The van der Waals surface area contributed by atoms with E-state index in [-0.39, 0.29) is 12.3 Å². The van der Waals surface area contributed by atoms with Gasteiger partial charge in [0.15, 0.2) is 5.96 Å². The number of guanidine groups is 1. The molecule has 1 heterocycles. The molecule has 0 saturated carbocycles. The van der Waals surface area contributed by atoms with Crippen LogP contribution in [0.4, 0.5) is 8.78 Å². The van der Waals surface area contributed by atoms with E-state index in [4.69, 9.17) is 11.6 Å². The predicted molar refractivity (Wildman–Crippen MR) is 109 cm³/mol. The lowest BCUT2D eigenvalue weighted by molar-refractivity contribution is -0.0504. The lowest BCUT2D eigenvalue weighted by Gasteiger charge is -2.37. The van der Waals surface area contributed by atoms with Crippen molar-refractivity contribution in [3.8, 4) is 5.75 Å². The van der Waals surface area contributed by atoms with Gasteiger partial charge in [-0.1, -0.05) is 18.5 Å². The zero-order valence-corrected chi connectivity index (χ0v) is 17.5. The molecule has 158 valence electrons. The number of alkyl halides is 2. The Kier molecular flexibility index (Phi) is 9.21. The van der Waals surface area contributed by atoms with Gasteiger partial charge in [0, 0.05) is 62.9 Å². The molecule has 0 amide bonds. The maximum atomic E-state index is 12.6. The number of nitrogens with zero attached hydrogens (tertiary/aromatic N) is 3. The van der Waals surface area contributed by atoms with Crippen molar-refractivity contribution < 1.29 is 13.5 Å². The molecule has 28 heavy (non-hydrogen) atoms. The van der Waals surface area contributed by atoms with Crippen molar-refractivity contribution in [1.82, 2.24) is 20.4 Å². The second kappa shape index (κ2) is 11.4. The van der Waals surface area contributed by atoms with E-state index >= 15 is 0 Å². The summed E-state index contributed by atoms with van der Waals surface area (Å²) in [7, 11) is 1.68. The van der Waals surface area contributed by atoms with E-state index in [9.17, 15) is 8.78 Å². The smallest absolute Gasteiger partial charge is 0.387 e. The first kappa shape index (κ1) is 22.6. The van der Waals surface area contributed by atoms with Crippen LogP contribution in [0.15, 0.2) is 23.2 Å². The fourth-order valence-corrected chi connectivity index (χ4v) is 3.39. The summed E-state index contributed by atoms with van der Waals surface area (Å²) in [5.74, 6) is 0.700. The molecule has 1 aromatic carbocycles. The fraction of sp³-hybridized carbons (Fsp3) is 0.632. The van der Waals surface area contributed by atoms with Gasteiger partial charge in [-0.25, -0.2) is 0 Å². The third-order valence-corrected chi connectivity index (χ3v) is 5.19. The standard InChI is InChI=1S/C19H30ClF2N5O/c1-4-26-7-9-27(10-8-26)14(2)12-24-19(23-3)25-13-15-11-16(20)5-6-17(15)28-18(21)22/h5-6,11,14,18H,4,7-10,12-13H2,1-3H3,(H2,23,24,25). The van der Waals surface area contributed by atoms with Crippen molar-refractivity contribution in [2.45, 2.75) is 33.0 Å². The predicted octanol–water partition coefficient (Wildman–Crippen LogP) is 2.63. The molecule has 0 spiro atoms. The van der Waals surface area contributed by atoms with Gasteiger partial charge in [-0.3, -0.25) is 9.89 Å². The van der Waals surface area contributed by atoms with Gasteiger partial charge in [0.1, 0.15) is 5.75 Å². The van der Waals surface area contributed by atoms with Gasteiger partial charge in [-0.15, -0.1) is 0 Å². The van der Waals surface area contributed by atoms with Crippen molar-refractivity contribution in [2.75, 3.05) is 46.3 Å². The number of halogens is 3. The lowest BCUT2D eigenvalue weighted by Crippen LogP contribution is -2.53. The van der Waals surface area contributed by atoms with Gasteiger partial charge in [0.05, 0.1) is 0 Å². The molecule has 9 heteroatoms. The molecule has 1 fully saturated rings. The number of nitrogens with one attached hydrogen (secondary N) is 2. The van der Waals surface area contributed by atoms with Crippen molar-refractivity contribution in [2.24, 2.45) is 4.99 Å². The van der Waals surface area contributed by atoms with Crippen LogP contribution in [-0.2, 0) is 6.54 Å². The van der Waals surface area contributed by atoms with Crippen LogP contribution >= 0.6 is 11.6 Å². The molecule has 0 bridgehead atoms. The summed E-state index contributed by atoms with van der Waals surface area (Å²) in [6.07, 6.45) is 0. The van der Waals surface area contributed by atoms with E-state index in [1.807, 2.05) is 0 Å². The highest BCUT2D eigenvalue weighted by molar-refractivity contribution is 6.30. The van der Waals surface area contributed by atoms with E-state index in [1.54, 1.807) is 13.1 Å². The van der Waals surface area contributed by atoms with Crippen LogP contribution in [0.1, 0.15) is 19.4 Å². The number of aliphatic imine (C=N–C) groups is 1. The Balaban J connectivity index is 1.84. The van der Waals surface area contributed by atoms with Crippen LogP contribution in [0.5, 0.6) is 5.75 Å². The Labute approximate surface area is 170 Å². The summed E-state index contributed by atoms with van der Waals surface area (Å²) >= 11 is 5.99. The number of hydrogen-bond acceptors (Lipinski definition) is 4. The van der Waals surface area contributed by atoms with Crippen LogP contribution < -0.4 is 15.4 Å². The Hall–Kier alpha value is -1.64. The molecule has 0 aromatic heterocycles. The summed E-state index contributed by atoms with van der Waals surface area (Å²) in [4.78, 5) is 9.11. The highest BCUT2D eigenvalue weighted by atomic mass is 35.5. The van der Waals surface area contributed by atoms with E-state index < -0.39 is 6.61 Å². The second-order valence-corrected chi connectivity index (χ2v) is 7.19. The SMILES string of the molecule is CCN1CCN(C(C)CNC(=NC)NCc2cc(Cl)ccc2OC(F)F)CC1. The van der Waals surface area contributed by atoms with Gasteiger partial charge >= 0.3 is 6.61 Å². The number of rotatable bonds is 8. The van der Waals surface area contributed by atoms with Crippen LogP contribution in [0.3, 0.4) is 0 Å². The van der Waals surface area contributed by atoms with Crippen LogP contribution in [0, 0.1) is 0 Å². The molecule has 1 aliphatic heterocycles. The number of likely N-dealkylation sites (N-methyl/N-ethyl adjacent to an activating group) is 1. The van der Waals surface area contributed by atoms with Crippen LogP contribution in [0.2, 0.25) is 5.02 Å². The maximum Gasteiger partial charge on any atom is 0.387 e. The average Bonchev–Trinajstić information content (AvgIpc) is 2.69. The molecule has 0 radical (unpaired) electrons. The van der Waals surface area contributed by atoms with Crippen LogP contribution in [-0.4, -0.2) is 74.7 Å². The first-order valence-electron chi connectivity index (χ1n) is 9.57. The quantitative estimate of drug-likeness (QED) is 0.503. The zero-order valence-electron chi connectivity index (χ0n) is 16.7. The summed E-state index contributed by atoms with van der Waals surface area (Å²) < 4.78 is 29.7. The minimum absolute atomic E-state index is 0.101. The summed E-state index contributed by atoms with van der Waals surface area (Å²) in [5.41, 5.74) is 0.541. The lowest BCUT2D eigenvalue weighted by atomic mass is 10.2. The van der Waals surface area contributed by atoms with E-state index in [0.717, 1.165) is 39.3 Å². The highest BCUT2D eigenvalue weighted by Crippen LogP contribution is 2.24. The summed E-state index contributed by atoms with van der Waals surface area (Å²) in [6, 6.07) is 4.94. The van der Waals surface area contributed by atoms with Gasteiger partial charge in [0.2, 0.25) is 0 Å². The van der Waals surface area contributed by atoms with Gasteiger partial charge in [0.25, 0.3) is 0 Å². The number of hydrogen-bond donors (Lipinski definition) is 2. The molecule has 6 nitrogen and oxygen atoms in total. The molecular weight excluding hydrogens is 388 g/mol. The Morgan fingerprint density at radius 3 is 2.57 bits per heavy atom. The molecule has 2 rings (SSSR count). The first-order valence-corrected chi connectivity index (χ1v) is 9.94. The normalized spacial score (nSPS) is 17.6. The minimum atomic E-state index is -2.88. The molecular formula is C19H30ClF2N5O. The van der Waals surface area contributed by atoms with Gasteiger partial charge in [-0.2, -0.15) is 8.78 Å². The molecule has 1 saturated heterocycles. The summed E-state index contributed by atoms with van der Waals surface area (Å²) in [5, 5.41) is 6.89. The summed E-state index contributed by atoms with van der Waals surface area (Å²) in [6.45, 7) is 7.89. The fourth-order valence-electron chi connectivity index (χ4n) is 3.19. The van der Waals surface area contributed by atoms with E-state index in [2.05, 4.69) is 44.0 Å². The molecule has 0 aliphatic carbocycles. The third-order valence-electron chi connectivity index (χ3n) is 4.95. The van der Waals surface area contributed by atoms with E-state index in [1.165, 1.54) is 12.1 Å². The molecule has 1 aliphatic rings. The zero-order chi connectivity index (χ0) is 20.5. The Morgan fingerprint density at radius 1 is 1.25 bits per heavy atom. The molecule has 1 unspecified atom stereocenters. The minimum Gasteiger partial charge on any atom is -0.434 e. The van der Waals surface area contributed by atoms with Gasteiger partial charge in [-0.05, 0) is 31.7 Å². The monoisotopic (exact) mass is 417 g/mol. The highest BCUT2D eigenvalue weighted by Gasteiger charge is 2.20. The van der Waals surface area contributed by atoms with E-state index in [0.29, 0.717) is 22.6 Å². The maximum absolute atomic E-state index is 12.6. The van der Waals surface area contributed by atoms with Crippen molar-refractivity contribution in [3.05, 3.63) is 28.8 Å². The first-order chi connectivity index (χ1) is 13.4. The topological polar surface area (TPSA) is 52.1 Å². The number of ether oxygens (including phenoxy) is 1. The third kappa shape index (κ3) is 7.07.